The maximum atomic E-state index is 5.83. The molecule has 1 heterocycles. The molecule has 0 amide bonds. The normalized spacial score (nSPS) is 13.1. The third kappa shape index (κ3) is 2.35. The fraction of sp³-hybridized carbons (Fsp3) is 0.533. The molecule has 98 valence electrons. The van der Waals surface area contributed by atoms with Crippen molar-refractivity contribution in [1.29, 1.82) is 0 Å². The fourth-order valence-corrected chi connectivity index (χ4v) is 2.54. The highest BCUT2D eigenvalue weighted by molar-refractivity contribution is 5.79. The molecule has 0 spiro atoms. The Kier molecular flexibility index (Phi) is 3.90. The van der Waals surface area contributed by atoms with Gasteiger partial charge in [-0.1, -0.05) is 26.7 Å². The highest BCUT2D eigenvalue weighted by atomic mass is 15.1. The topological polar surface area (TPSA) is 43.8 Å². The number of nitrogens with zero attached hydrogens (tertiary/aromatic N) is 2. The van der Waals surface area contributed by atoms with Crippen LogP contribution in [0.2, 0.25) is 0 Å². The lowest BCUT2D eigenvalue weighted by molar-refractivity contribution is 0.482. The van der Waals surface area contributed by atoms with Gasteiger partial charge in [0.1, 0.15) is 5.82 Å². The van der Waals surface area contributed by atoms with Crippen LogP contribution < -0.4 is 5.73 Å². The van der Waals surface area contributed by atoms with E-state index < -0.39 is 0 Å². The van der Waals surface area contributed by atoms with Crippen LogP contribution in [0.5, 0.6) is 0 Å². The third-order valence-corrected chi connectivity index (χ3v) is 3.52. The van der Waals surface area contributed by atoms with E-state index in [9.17, 15) is 0 Å². The van der Waals surface area contributed by atoms with Crippen molar-refractivity contribution in [2.24, 2.45) is 0 Å². The summed E-state index contributed by atoms with van der Waals surface area (Å²) in [6.07, 6.45) is 4.68. The standard InChI is InChI=1S/C15H23N3/c1-4-6-7-11(3)18-14-9-8-12(16)10-13(14)17-15(18)5-2/h8-11H,4-7,16H2,1-3H3. The summed E-state index contributed by atoms with van der Waals surface area (Å²) in [5.41, 5.74) is 8.86. The minimum atomic E-state index is 0.508. The summed E-state index contributed by atoms with van der Waals surface area (Å²) in [4.78, 5) is 4.70. The van der Waals surface area contributed by atoms with E-state index in [1.54, 1.807) is 0 Å². The number of benzene rings is 1. The molecule has 2 aromatic rings. The summed E-state index contributed by atoms with van der Waals surface area (Å²) in [6.45, 7) is 6.68. The summed E-state index contributed by atoms with van der Waals surface area (Å²) in [5.74, 6) is 1.17. The van der Waals surface area contributed by atoms with E-state index in [2.05, 4.69) is 31.4 Å². The highest BCUT2D eigenvalue weighted by Crippen LogP contribution is 2.26. The molecule has 2 rings (SSSR count). The van der Waals surface area contributed by atoms with Crippen molar-refractivity contribution in [1.82, 2.24) is 9.55 Å². The molecule has 0 fully saturated rings. The second kappa shape index (κ2) is 5.42. The monoisotopic (exact) mass is 245 g/mol. The number of nitrogen functional groups attached to an aromatic ring is 1. The third-order valence-electron chi connectivity index (χ3n) is 3.52. The van der Waals surface area contributed by atoms with Crippen LogP contribution >= 0.6 is 0 Å². The molecule has 0 aliphatic carbocycles. The average Bonchev–Trinajstić information content (AvgIpc) is 2.73. The van der Waals surface area contributed by atoms with Crippen LogP contribution in [0.15, 0.2) is 18.2 Å². The Morgan fingerprint density at radius 1 is 1.33 bits per heavy atom. The molecule has 3 nitrogen and oxygen atoms in total. The number of imidazole rings is 1. The van der Waals surface area contributed by atoms with E-state index in [1.165, 1.54) is 30.6 Å². The lowest BCUT2D eigenvalue weighted by Crippen LogP contribution is -2.08. The van der Waals surface area contributed by atoms with Gasteiger partial charge in [-0.2, -0.15) is 0 Å². The Balaban J connectivity index is 2.46. The SMILES string of the molecule is CCCCC(C)n1c(CC)nc2cc(N)ccc21. The van der Waals surface area contributed by atoms with Crippen molar-refractivity contribution in [3.8, 4) is 0 Å². The molecule has 1 aromatic heterocycles. The summed E-state index contributed by atoms with van der Waals surface area (Å²) < 4.78 is 2.38. The summed E-state index contributed by atoms with van der Waals surface area (Å²) in [7, 11) is 0. The second-order valence-corrected chi connectivity index (χ2v) is 4.99. The lowest BCUT2D eigenvalue weighted by Gasteiger charge is -2.17. The number of anilines is 1. The summed E-state index contributed by atoms with van der Waals surface area (Å²) in [6, 6.07) is 6.54. The Hall–Kier alpha value is -1.51. The quantitative estimate of drug-likeness (QED) is 0.811. The van der Waals surface area contributed by atoms with Crippen molar-refractivity contribution in [3.05, 3.63) is 24.0 Å². The molecule has 3 heteroatoms. The van der Waals surface area contributed by atoms with Gasteiger partial charge in [-0.15, -0.1) is 0 Å². The van der Waals surface area contributed by atoms with E-state index >= 15 is 0 Å². The predicted octanol–water partition coefficient (Wildman–Crippen LogP) is 3.93. The second-order valence-electron chi connectivity index (χ2n) is 4.99. The van der Waals surface area contributed by atoms with Crippen LogP contribution in [0.3, 0.4) is 0 Å². The van der Waals surface area contributed by atoms with Crippen LogP contribution in [0, 0.1) is 0 Å². The Morgan fingerprint density at radius 2 is 2.11 bits per heavy atom. The van der Waals surface area contributed by atoms with Gasteiger partial charge in [-0.25, -0.2) is 4.98 Å². The van der Waals surface area contributed by atoms with Crippen LogP contribution in [0.1, 0.15) is 51.9 Å². The predicted molar refractivity (Wildman–Crippen MR) is 77.8 cm³/mol. The van der Waals surface area contributed by atoms with Crippen molar-refractivity contribution in [2.45, 2.75) is 52.5 Å². The Morgan fingerprint density at radius 3 is 2.78 bits per heavy atom. The fourth-order valence-electron chi connectivity index (χ4n) is 2.54. The van der Waals surface area contributed by atoms with Gasteiger partial charge in [0.2, 0.25) is 0 Å². The van der Waals surface area contributed by atoms with Gasteiger partial charge >= 0.3 is 0 Å². The molecule has 1 atom stereocenters. The zero-order valence-electron chi connectivity index (χ0n) is 11.6. The van der Waals surface area contributed by atoms with Gasteiger partial charge in [0, 0.05) is 18.2 Å². The number of rotatable bonds is 5. The molecule has 1 unspecified atom stereocenters. The molecule has 18 heavy (non-hydrogen) atoms. The number of fused-ring (bicyclic) bond motifs is 1. The van der Waals surface area contributed by atoms with Crippen molar-refractivity contribution in [3.63, 3.8) is 0 Å². The Labute approximate surface area is 109 Å². The minimum absolute atomic E-state index is 0.508. The van der Waals surface area contributed by atoms with Gasteiger partial charge < -0.3 is 10.3 Å². The molecule has 0 saturated carbocycles. The lowest BCUT2D eigenvalue weighted by atomic mass is 10.1. The first kappa shape index (κ1) is 12.9. The van der Waals surface area contributed by atoms with Crippen molar-refractivity contribution in [2.75, 3.05) is 5.73 Å². The molecule has 0 saturated heterocycles. The number of nitrogens with two attached hydrogens (primary N) is 1. The highest BCUT2D eigenvalue weighted by Gasteiger charge is 2.14. The summed E-state index contributed by atoms with van der Waals surface area (Å²) in [5, 5.41) is 0. The number of aryl methyl sites for hydroxylation is 1. The summed E-state index contributed by atoms with van der Waals surface area (Å²) >= 11 is 0. The van der Waals surface area contributed by atoms with Crippen molar-refractivity contribution >= 4 is 16.7 Å². The van der Waals surface area contributed by atoms with E-state index in [0.717, 1.165) is 17.6 Å². The first-order chi connectivity index (χ1) is 8.67. The van der Waals surface area contributed by atoms with Crippen LogP contribution in [-0.2, 0) is 6.42 Å². The zero-order valence-corrected chi connectivity index (χ0v) is 11.6. The molecule has 0 bridgehead atoms. The first-order valence-electron chi connectivity index (χ1n) is 6.93. The van der Waals surface area contributed by atoms with Crippen LogP contribution in [0.25, 0.3) is 11.0 Å². The largest absolute Gasteiger partial charge is 0.399 e. The van der Waals surface area contributed by atoms with E-state index in [4.69, 9.17) is 10.7 Å². The smallest absolute Gasteiger partial charge is 0.109 e. The number of aromatic nitrogens is 2. The molecule has 0 radical (unpaired) electrons. The Bertz CT molecular complexity index is 528. The maximum absolute atomic E-state index is 5.83. The molecule has 2 N–H and O–H groups in total. The van der Waals surface area contributed by atoms with Gasteiger partial charge in [0.15, 0.2) is 0 Å². The van der Waals surface area contributed by atoms with E-state index in [-0.39, 0.29) is 0 Å². The number of hydrogen-bond donors (Lipinski definition) is 1. The van der Waals surface area contributed by atoms with Gasteiger partial charge in [0.25, 0.3) is 0 Å². The van der Waals surface area contributed by atoms with Crippen LogP contribution in [0.4, 0.5) is 5.69 Å². The zero-order chi connectivity index (χ0) is 13.1. The molecular weight excluding hydrogens is 222 g/mol. The average molecular weight is 245 g/mol. The van der Waals surface area contributed by atoms with E-state index in [0.29, 0.717) is 6.04 Å². The molecular formula is C15H23N3. The molecule has 1 aromatic carbocycles. The number of hydrogen-bond acceptors (Lipinski definition) is 2. The number of unbranched alkanes of at least 4 members (excludes halogenated alkanes) is 1. The molecule has 0 aliphatic rings. The first-order valence-corrected chi connectivity index (χ1v) is 6.93. The van der Waals surface area contributed by atoms with Crippen LogP contribution in [-0.4, -0.2) is 9.55 Å². The van der Waals surface area contributed by atoms with Gasteiger partial charge in [-0.05, 0) is 31.5 Å². The van der Waals surface area contributed by atoms with Gasteiger partial charge in [-0.3, -0.25) is 0 Å². The minimum Gasteiger partial charge on any atom is -0.399 e. The molecule has 0 aliphatic heterocycles. The van der Waals surface area contributed by atoms with Crippen molar-refractivity contribution < 1.29 is 0 Å². The maximum Gasteiger partial charge on any atom is 0.109 e. The van der Waals surface area contributed by atoms with E-state index in [1.807, 2.05) is 12.1 Å². The van der Waals surface area contributed by atoms with Gasteiger partial charge in [0.05, 0.1) is 11.0 Å².